The van der Waals surface area contributed by atoms with E-state index in [9.17, 15) is 14.0 Å². The number of aliphatic carboxylic acids is 1. The molecule has 0 heterocycles. The number of allylic oxidation sites excluding steroid dienone is 2. The third kappa shape index (κ3) is 7.19. The van der Waals surface area contributed by atoms with Crippen molar-refractivity contribution in [2.24, 2.45) is 0 Å². The fraction of sp³-hybridized carbons (Fsp3) is 0.217. The Morgan fingerprint density at radius 2 is 1.82 bits per heavy atom. The molecule has 4 nitrogen and oxygen atoms in total. The molecular weight excluding hydrogens is 357 g/mol. The van der Waals surface area contributed by atoms with Crippen LogP contribution in [-0.4, -0.2) is 17.0 Å². The summed E-state index contributed by atoms with van der Waals surface area (Å²) in [5.41, 5.74) is 4.36. The second-order valence-corrected chi connectivity index (χ2v) is 6.75. The molecule has 0 aliphatic rings. The highest BCUT2D eigenvalue weighted by molar-refractivity contribution is 5.92. The van der Waals surface area contributed by atoms with Crippen LogP contribution in [0, 0.1) is 5.82 Å². The number of aryl methyl sites for hydroxylation is 1. The summed E-state index contributed by atoms with van der Waals surface area (Å²) in [7, 11) is 0. The Morgan fingerprint density at radius 1 is 1.11 bits per heavy atom. The average Bonchev–Trinajstić information content (AvgIpc) is 2.65. The van der Waals surface area contributed by atoms with Crippen molar-refractivity contribution >= 4 is 23.6 Å². The maximum atomic E-state index is 13.0. The summed E-state index contributed by atoms with van der Waals surface area (Å²) in [6, 6.07) is 11.6. The molecule has 0 fully saturated rings. The van der Waals surface area contributed by atoms with Crippen LogP contribution in [0.5, 0.6) is 0 Å². The minimum absolute atomic E-state index is 0.151. The molecule has 2 N–H and O–H groups in total. The average molecular weight is 381 g/mol. The van der Waals surface area contributed by atoms with E-state index >= 15 is 0 Å². The number of benzene rings is 2. The zero-order valence-corrected chi connectivity index (χ0v) is 16.0. The number of carboxylic acids is 1. The van der Waals surface area contributed by atoms with E-state index in [0.717, 1.165) is 17.2 Å². The van der Waals surface area contributed by atoms with E-state index in [0.29, 0.717) is 24.1 Å². The van der Waals surface area contributed by atoms with Gasteiger partial charge in [0.15, 0.2) is 0 Å². The first-order valence-electron chi connectivity index (χ1n) is 9.05. The van der Waals surface area contributed by atoms with Crippen LogP contribution in [0.2, 0.25) is 0 Å². The first-order chi connectivity index (χ1) is 13.3. The Morgan fingerprint density at radius 3 is 2.46 bits per heavy atom. The van der Waals surface area contributed by atoms with Gasteiger partial charge in [0.2, 0.25) is 5.91 Å². The predicted octanol–water partition coefficient (Wildman–Crippen LogP) is 5.00. The van der Waals surface area contributed by atoms with E-state index in [1.807, 2.05) is 26.0 Å². The van der Waals surface area contributed by atoms with Crippen LogP contribution >= 0.6 is 0 Å². The van der Waals surface area contributed by atoms with Crippen molar-refractivity contribution in [3.63, 3.8) is 0 Å². The molecule has 0 saturated heterocycles. The van der Waals surface area contributed by atoms with Crippen LogP contribution in [0.4, 0.5) is 10.1 Å². The van der Waals surface area contributed by atoms with Crippen LogP contribution in [0.1, 0.15) is 37.0 Å². The number of anilines is 1. The molecule has 0 spiro atoms. The number of amides is 1. The Balaban J connectivity index is 2.13. The minimum atomic E-state index is -1.03. The van der Waals surface area contributed by atoms with Crippen LogP contribution < -0.4 is 5.32 Å². The number of halogens is 1. The van der Waals surface area contributed by atoms with Crippen LogP contribution in [0.25, 0.3) is 6.08 Å². The molecule has 0 bridgehead atoms. The van der Waals surface area contributed by atoms with Gasteiger partial charge in [0.05, 0.1) is 0 Å². The lowest BCUT2D eigenvalue weighted by Gasteiger charge is -2.12. The monoisotopic (exact) mass is 381 g/mol. The van der Waals surface area contributed by atoms with Gasteiger partial charge in [-0.15, -0.1) is 0 Å². The van der Waals surface area contributed by atoms with Gasteiger partial charge in [-0.05, 0) is 67.7 Å². The van der Waals surface area contributed by atoms with Crippen LogP contribution in [-0.2, 0) is 22.4 Å². The summed E-state index contributed by atoms with van der Waals surface area (Å²) in [5, 5.41) is 11.7. The van der Waals surface area contributed by atoms with Crippen molar-refractivity contribution in [2.45, 2.75) is 33.1 Å². The van der Waals surface area contributed by atoms with E-state index in [-0.39, 0.29) is 18.1 Å². The van der Waals surface area contributed by atoms with Crippen molar-refractivity contribution in [3.05, 3.63) is 82.7 Å². The predicted molar refractivity (Wildman–Crippen MR) is 110 cm³/mol. The molecule has 0 aliphatic carbocycles. The quantitative estimate of drug-likeness (QED) is 0.499. The van der Waals surface area contributed by atoms with Gasteiger partial charge in [0.25, 0.3) is 0 Å². The standard InChI is InChI=1S/C23H24FNO3/c1-16(2)3-9-19-10-4-18(8-14-23(27)28)15-21(19)25-22(26)13-7-17-5-11-20(24)12-6-17/h3-6,8,10-12,14-15H,7,9,13H2,1-2H3,(H,25,26)(H,27,28)/b14-8+. The van der Waals surface area contributed by atoms with E-state index in [2.05, 4.69) is 11.4 Å². The van der Waals surface area contributed by atoms with E-state index in [1.165, 1.54) is 23.8 Å². The Hall–Kier alpha value is -3.21. The van der Waals surface area contributed by atoms with Crippen molar-refractivity contribution < 1.29 is 19.1 Å². The first-order valence-corrected chi connectivity index (χ1v) is 9.05. The van der Waals surface area contributed by atoms with Crippen molar-refractivity contribution in [1.82, 2.24) is 0 Å². The van der Waals surface area contributed by atoms with Gasteiger partial charge < -0.3 is 10.4 Å². The molecule has 0 atom stereocenters. The topological polar surface area (TPSA) is 66.4 Å². The molecule has 0 aromatic heterocycles. The molecule has 1 amide bonds. The van der Waals surface area contributed by atoms with E-state index < -0.39 is 5.97 Å². The number of carbonyl (C=O) groups is 2. The molecule has 0 radical (unpaired) electrons. The lowest BCUT2D eigenvalue weighted by Crippen LogP contribution is -2.14. The third-order valence-electron chi connectivity index (χ3n) is 4.11. The number of nitrogens with one attached hydrogen (secondary N) is 1. The van der Waals surface area contributed by atoms with E-state index in [4.69, 9.17) is 5.11 Å². The molecule has 2 rings (SSSR count). The summed E-state index contributed by atoms with van der Waals surface area (Å²) in [6.07, 6.45) is 6.05. The number of hydrogen-bond acceptors (Lipinski definition) is 2. The molecule has 28 heavy (non-hydrogen) atoms. The lowest BCUT2D eigenvalue weighted by molar-refractivity contribution is -0.131. The Labute approximate surface area is 164 Å². The van der Waals surface area contributed by atoms with Gasteiger partial charge in [-0.3, -0.25) is 4.79 Å². The highest BCUT2D eigenvalue weighted by Crippen LogP contribution is 2.21. The van der Waals surface area contributed by atoms with Gasteiger partial charge in [0.1, 0.15) is 5.82 Å². The molecular formula is C23H24FNO3. The Kier molecular flexibility index (Phi) is 7.69. The number of rotatable bonds is 8. The SMILES string of the molecule is CC(C)=CCc1ccc(/C=C/C(=O)O)cc1NC(=O)CCc1ccc(F)cc1. The summed E-state index contributed by atoms with van der Waals surface area (Å²) in [4.78, 5) is 23.1. The van der Waals surface area contributed by atoms with E-state index in [1.54, 1.807) is 18.2 Å². The molecule has 146 valence electrons. The normalized spacial score (nSPS) is 10.7. The highest BCUT2D eigenvalue weighted by Gasteiger charge is 2.08. The molecule has 2 aromatic rings. The first kappa shape index (κ1) is 21.1. The van der Waals surface area contributed by atoms with Crippen LogP contribution in [0.15, 0.2) is 60.2 Å². The molecule has 0 aliphatic heterocycles. The number of carboxylic acid groups (broad SMARTS) is 1. The molecule has 2 aromatic carbocycles. The minimum Gasteiger partial charge on any atom is -0.478 e. The number of hydrogen-bond donors (Lipinski definition) is 2. The second-order valence-electron chi connectivity index (χ2n) is 6.75. The zero-order chi connectivity index (χ0) is 20.5. The lowest BCUT2D eigenvalue weighted by atomic mass is 10.0. The van der Waals surface area contributed by atoms with Gasteiger partial charge in [0, 0.05) is 18.2 Å². The van der Waals surface area contributed by atoms with Gasteiger partial charge in [-0.25, -0.2) is 9.18 Å². The van der Waals surface area contributed by atoms with Crippen molar-refractivity contribution in [1.29, 1.82) is 0 Å². The van der Waals surface area contributed by atoms with Gasteiger partial charge in [-0.2, -0.15) is 0 Å². The second kappa shape index (κ2) is 10.2. The fourth-order valence-electron chi connectivity index (χ4n) is 2.60. The van der Waals surface area contributed by atoms with Crippen molar-refractivity contribution in [3.8, 4) is 0 Å². The number of carbonyl (C=O) groups excluding carboxylic acids is 1. The van der Waals surface area contributed by atoms with Gasteiger partial charge >= 0.3 is 5.97 Å². The molecule has 0 saturated carbocycles. The summed E-state index contributed by atoms with van der Waals surface area (Å²) in [5.74, 6) is -1.48. The maximum Gasteiger partial charge on any atom is 0.328 e. The summed E-state index contributed by atoms with van der Waals surface area (Å²) in [6.45, 7) is 4.01. The maximum absolute atomic E-state index is 13.0. The smallest absolute Gasteiger partial charge is 0.328 e. The molecule has 0 unspecified atom stereocenters. The zero-order valence-electron chi connectivity index (χ0n) is 16.0. The Bertz CT molecular complexity index is 895. The largest absolute Gasteiger partial charge is 0.478 e. The van der Waals surface area contributed by atoms with Gasteiger partial charge in [-0.1, -0.05) is 35.9 Å². The highest BCUT2D eigenvalue weighted by atomic mass is 19.1. The third-order valence-corrected chi connectivity index (χ3v) is 4.11. The van der Waals surface area contributed by atoms with Crippen LogP contribution in [0.3, 0.4) is 0 Å². The molecule has 5 heteroatoms. The summed E-state index contributed by atoms with van der Waals surface area (Å²) >= 11 is 0. The summed E-state index contributed by atoms with van der Waals surface area (Å²) < 4.78 is 13.0. The fourth-order valence-corrected chi connectivity index (χ4v) is 2.60. The van der Waals surface area contributed by atoms with Crippen molar-refractivity contribution in [2.75, 3.05) is 5.32 Å².